The lowest BCUT2D eigenvalue weighted by Crippen LogP contribution is -2.12. The number of nitro groups is 1. The Kier molecular flexibility index (Phi) is 3.95. The van der Waals surface area contributed by atoms with Crippen LogP contribution in [0.5, 0.6) is 0 Å². The average Bonchev–Trinajstić information content (AvgIpc) is 2.53. The molecule has 2 aromatic carbocycles. The first-order chi connectivity index (χ1) is 10.1. The van der Waals surface area contributed by atoms with Crippen LogP contribution in [0.25, 0.3) is 0 Å². The SMILES string of the molecule is CN(c1cccc(C#N)c1)c1ccc([N+](=O)[O-])cc1C=O. The fraction of sp³-hybridized carbons (Fsp3) is 0.0667. The van der Waals surface area contributed by atoms with Crippen LogP contribution in [-0.4, -0.2) is 18.3 Å². The topological polar surface area (TPSA) is 87.2 Å². The van der Waals surface area contributed by atoms with E-state index < -0.39 is 4.92 Å². The Morgan fingerprint density at radius 1 is 1.29 bits per heavy atom. The van der Waals surface area contributed by atoms with Gasteiger partial charge in [0.2, 0.25) is 0 Å². The molecule has 2 rings (SSSR count). The van der Waals surface area contributed by atoms with Gasteiger partial charge in [-0.05, 0) is 24.3 Å². The van der Waals surface area contributed by atoms with Gasteiger partial charge in [0.1, 0.15) is 0 Å². The highest BCUT2D eigenvalue weighted by Gasteiger charge is 2.14. The summed E-state index contributed by atoms with van der Waals surface area (Å²) in [4.78, 5) is 23.1. The molecule has 0 atom stereocenters. The third kappa shape index (κ3) is 2.87. The number of benzene rings is 2. The summed E-state index contributed by atoms with van der Waals surface area (Å²) in [6, 6.07) is 13.0. The van der Waals surface area contributed by atoms with Crippen LogP contribution in [0.3, 0.4) is 0 Å². The predicted molar refractivity (Wildman–Crippen MR) is 77.7 cm³/mol. The van der Waals surface area contributed by atoms with Crippen molar-refractivity contribution >= 4 is 23.3 Å². The summed E-state index contributed by atoms with van der Waals surface area (Å²) in [6.07, 6.45) is 0.576. The number of nitriles is 1. The molecule has 0 amide bonds. The van der Waals surface area contributed by atoms with Gasteiger partial charge in [-0.25, -0.2) is 0 Å². The van der Waals surface area contributed by atoms with E-state index in [1.807, 2.05) is 6.07 Å². The first-order valence-corrected chi connectivity index (χ1v) is 6.04. The number of aldehydes is 1. The molecule has 0 radical (unpaired) electrons. The maximum absolute atomic E-state index is 11.2. The number of nitro benzene ring substituents is 1. The number of carbonyl (C=O) groups is 1. The van der Waals surface area contributed by atoms with E-state index in [1.54, 1.807) is 36.2 Å². The molecule has 0 heterocycles. The Balaban J connectivity index is 2.47. The van der Waals surface area contributed by atoms with Gasteiger partial charge >= 0.3 is 0 Å². The van der Waals surface area contributed by atoms with Crippen LogP contribution in [0.2, 0.25) is 0 Å². The van der Waals surface area contributed by atoms with Crippen LogP contribution in [0.15, 0.2) is 42.5 Å². The Morgan fingerprint density at radius 2 is 2.05 bits per heavy atom. The maximum Gasteiger partial charge on any atom is 0.270 e. The number of nitrogens with zero attached hydrogens (tertiary/aromatic N) is 3. The Labute approximate surface area is 121 Å². The van der Waals surface area contributed by atoms with Gasteiger partial charge in [-0.15, -0.1) is 0 Å². The third-order valence-corrected chi connectivity index (χ3v) is 3.07. The summed E-state index contributed by atoms with van der Waals surface area (Å²) in [5.74, 6) is 0. The molecule has 0 spiro atoms. The third-order valence-electron chi connectivity index (χ3n) is 3.07. The van der Waals surface area contributed by atoms with E-state index >= 15 is 0 Å². The van der Waals surface area contributed by atoms with Gasteiger partial charge in [-0.3, -0.25) is 14.9 Å². The molecule has 2 aromatic rings. The van der Waals surface area contributed by atoms with Crippen LogP contribution in [0.4, 0.5) is 17.1 Å². The summed E-state index contributed by atoms with van der Waals surface area (Å²) in [5, 5.41) is 19.7. The molecule has 0 N–H and O–H groups in total. The van der Waals surface area contributed by atoms with Gasteiger partial charge in [0, 0.05) is 30.4 Å². The summed E-state index contributed by atoms with van der Waals surface area (Å²) in [5.41, 5.74) is 1.82. The minimum absolute atomic E-state index is 0.139. The van der Waals surface area contributed by atoms with Crippen molar-refractivity contribution in [1.29, 1.82) is 5.26 Å². The predicted octanol–water partition coefficient (Wildman–Crippen LogP) is 3.05. The second kappa shape index (κ2) is 5.84. The van der Waals surface area contributed by atoms with Gasteiger partial charge in [0.15, 0.2) is 6.29 Å². The van der Waals surface area contributed by atoms with Crippen LogP contribution >= 0.6 is 0 Å². The number of hydrogen-bond acceptors (Lipinski definition) is 5. The molecule has 104 valence electrons. The molecular formula is C15H11N3O3. The average molecular weight is 281 g/mol. The lowest BCUT2D eigenvalue weighted by molar-refractivity contribution is -0.384. The summed E-state index contributed by atoms with van der Waals surface area (Å²) in [6.45, 7) is 0. The van der Waals surface area contributed by atoms with Crippen molar-refractivity contribution in [2.45, 2.75) is 0 Å². The normalized spacial score (nSPS) is 9.71. The fourth-order valence-corrected chi connectivity index (χ4v) is 1.98. The van der Waals surface area contributed by atoms with Crippen molar-refractivity contribution in [3.05, 3.63) is 63.7 Å². The first kappa shape index (κ1) is 14.2. The molecule has 0 aliphatic heterocycles. The molecule has 0 aromatic heterocycles. The number of anilines is 2. The van der Waals surface area contributed by atoms with Gasteiger partial charge in [-0.1, -0.05) is 6.07 Å². The molecule has 6 nitrogen and oxygen atoms in total. The van der Waals surface area contributed by atoms with Crippen molar-refractivity contribution in [1.82, 2.24) is 0 Å². The van der Waals surface area contributed by atoms with Gasteiger partial charge in [0.25, 0.3) is 5.69 Å². The molecule has 0 saturated heterocycles. The zero-order valence-corrected chi connectivity index (χ0v) is 11.2. The molecule has 0 saturated carbocycles. The van der Waals surface area contributed by atoms with Crippen LogP contribution in [0, 0.1) is 21.4 Å². The quantitative estimate of drug-likeness (QED) is 0.488. The second-order valence-electron chi connectivity index (χ2n) is 4.34. The lowest BCUT2D eigenvalue weighted by atomic mass is 10.1. The highest BCUT2D eigenvalue weighted by atomic mass is 16.6. The standard InChI is InChI=1S/C15H11N3O3/c1-17(13-4-2-3-11(7-13)9-16)15-6-5-14(18(20)21)8-12(15)10-19/h2-8,10H,1H3. The van der Waals surface area contributed by atoms with Crippen LogP contribution < -0.4 is 4.90 Å². The van der Waals surface area contributed by atoms with E-state index in [-0.39, 0.29) is 11.3 Å². The maximum atomic E-state index is 11.2. The summed E-state index contributed by atoms with van der Waals surface area (Å²) < 4.78 is 0. The van der Waals surface area contributed by atoms with Crippen molar-refractivity contribution in [2.75, 3.05) is 11.9 Å². The molecule has 0 fully saturated rings. The summed E-state index contributed by atoms with van der Waals surface area (Å²) >= 11 is 0. The largest absolute Gasteiger partial charge is 0.344 e. The molecule has 0 aliphatic carbocycles. The number of rotatable bonds is 4. The van der Waals surface area contributed by atoms with E-state index in [0.29, 0.717) is 23.2 Å². The highest BCUT2D eigenvalue weighted by molar-refractivity contribution is 5.88. The zero-order valence-electron chi connectivity index (χ0n) is 11.2. The van der Waals surface area contributed by atoms with Crippen molar-refractivity contribution in [2.24, 2.45) is 0 Å². The Hall–Kier alpha value is -3.20. The molecule has 0 aliphatic rings. The smallest absolute Gasteiger partial charge is 0.270 e. The van der Waals surface area contributed by atoms with E-state index in [9.17, 15) is 14.9 Å². The Morgan fingerprint density at radius 3 is 2.67 bits per heavy atom. The van der Waals surface area contributed by atoms with E-state index in [1.165, 1.54) is 18.2 Å². The van der Waals surface area contributed by atoms with Gasteiger partial charge in [0.05, 0.1) is 22.2 Å². The van der Waals surface area contributed by atoms with Gasteiger partial charge in [-0.2, -0.15) is 5.26 Å². The van der Waals surface area contributed by atoms with Crippen molar-refractivity contribution in [3.63, 3.8) is 0 Å². The summed E-state index contributed by atoms with van der Waals surface area (Å²) in [7, 11) is 1.73. The highest BCUT2D eigenvalue weighted by Crippen LogP contribution is 2.29. The monoisotopic (exact) mass is 281 g/mol. The first-order valence-electron chi connectivity index (χ1n) is 6.04. The molecule has 0 bridgehead atoms. The van der Waals surface area contributed by atoms with Crippen LogP contribution in [-0.2, 0) is 0 Å². The van der Waals surface area contributed by atoms with Crippen molar-refractivity contribution in [3.8, 4) is 6.07 Å². The number of non-ortho nitro benzene ring substituents is 1. The van der Waals surface area contributed by atoms with Gasteiger partial charge < -0.3 is 4.90 Å². The van der Waals surface area contributed by atoms with Crippen molar-refractivity contribution < 1.29 is 9.72 Å². The number of carbonyl (C=O) groups excluding carboxylic acids is 1. The number of hydrogen-bond donors (Lipinski definition) is 0. The zero-order chi connectivity index (χ0) is 15.4. The second-order valence-corrected chi connectivity index (χ2v) is 4.34. The van der Waals surface area contributed by atoms with E-state index in [2.05, 4.69) is 0 Å². The minimum atomic E-state index is -0.549. The lowest BCUT2D eigenvalue weighted by Gasteiger charge is -2.21. The Bertz CT molecular complexity index is 750. The minimum Gasteiger partial charge on any atom is -0.344 e. The van der Waals surface area contributed by atoms with E-state index in [0.717, 1.165) is 0 Å². The molecule has 0 unspecified atom stereocenters. The molecular weight excluding hydrogens is 270 g/mol. The molecule has 21 heavy (non-hydrogen) atoms. The van der Waals surface area contributed by atoms with E-state index in [4.69, 9.17) is 5.26 Å². The fourth-order valence-electron chi connectivity index (χ4n) is 1.98. The molecule has 6 heteroatoms. The van der Waals surface area contributed by atoms with Crippen LogP contribution in [0.1, 0.15) is 15.9 Å².